The standard InChI is InChI=1S/C16H18O/c1-11-4-3-5-12-6-7-13-10-14(17-2)8-9-15(13)16(11)12/h8-10H,1,3-7H2,2H3. The van der Waals surface area contributed by atoms with Gasteiger partial charge in [0.2, 0.25) is 0 Å². The zero-order chi connectivity index (χ0) is 11.8. The number of hydrogen-bond acceptors (Lipinski definition) is 1. The third kappa shape index (κ3) is 1.70. The molecule has 1 heteroatoms. The fourth-order valence-electron chi connectivity index (χ4n) is 3.08. The molecule has 0 bridgehead atoms. The largest absolute Gasteiger partial charge is 0.497 e. The highest BCUT2D eigenvalue weighted by atomic mass is 16.5. The van der Waals surface area contributed by atoms with E-state index in [4.69, 9.17) is 4.74 Å². The molecule has 0 saturated heterocycles. The molecule has 0 radical (unpaired) electrons. The first-order valence-corrected chi connectivity index (χ1v) is 6.37. The molecule has 0 amide bonds. The molecule has 2 aliphatic rings. The maximum atomic E-state index is 5.30. The van der Waals surface area contributed by atoms with Crippen LogP contribution in [0.4, 0.5) is 0 Å². The Morgan fingerprint density at radius 3 is 2.82 bits per heavy atom. The van der Waals surface area contributed by atoms with Gasteiger partial charge in [0.1, 0.15) is 5.75 Å². The van der Waals surface area contributed by atoms with Crippen LogP contribution in [0.1, 0.15) is 36.8 Å². The van der Waals surface area contributed by atoms with Crippen LogP contribution in [-0.2, 0) is 6.42 Å². The molecular weight excluding hydrogens is 208 g/mol. The quantitative estimate of drug-likeness (QED) is 0.699. The minimum absolute atomic E-state index is 0.967. The van der Waals surface area contributed by atoms with Crippen LogP contribution in [0.3, 0.4) is 0 Å². The van der Waals surface area contributed by atoms with Gasteiger partial charge >= 0.3 is 0 Å². The molecule has 1 aromatic carbocycles. The van der Waals surface area contributed by atoms with E-state index in [9.17, 15) is 0 Å². The summed E-state index contributed by atoms with van der Waals surface area (Å²) in [4.78, 5) is 0. The second kappa shape index (κ2) is 4.06. The average molecular weight is 226 g/mol. The molecule has 3 rings (SSSR count). The summed E-state index contributed by atoms with van der Waals surface area (Å²) in [5.41, 5.74) is 7.24. The van der Waals surface area contributed by atoms with Gasteiger partial charge in [-0.05, 0) is 66.5 Å². The lowest BCUT2D eigenvalue weighted by molar-refractivity contribution is 0.414. The molecule has 0 unspecified atom stereocenters. The first-order chi connectivity index (χ1) is 8.29. The number of hydrogen-bond donors (Lipinski definition) is 0. The molecule has 2 aliphatic carbocycles. The van der Waals surface area contributed by atoms with Crippen molar-refractivity contribution in [1.82, 2.24) is 0 Å². The average Bonchev–Trinajstić information content (AvgIpc) is 2.38. The second-order valence-corrected chi connectivity index (χ2v) is 4.96. The lowest BCUT2D eigenvalue weighted by Crippen LogP contribution is -2.10. The Labute approximate surface area is 103 Å². The molecule has 1 nitrogen and oxygen atoms in total. The van der Waals surface area contributed by atoms with Gasteiger partial charge in [-0.3, -0.25) is 0 Å². The molecule has 0 N–H and O–H groups in total. The van der Waals surface area contributed by atoms with Crippen LogP contribution in [0.25, 0.3) is 5.57 Å². The van der Waals surface area contributed by atoms with E-state index >= 15 is 0 Å². The number of benzene rings is 1. The number of ether oxygens (including phenoxy) is 1. The summed E-state index contributed by atoms with van der Waals surface area (Å²) < 4.78 is 5.30. The van der Waals surface area contributed by atoms with Gasteiger partial charge in [-0.1, -0.05) is 18.2 Å². The highest BCUT2D eigenvalue weighted by molar-refractivity contribution is 5.84. The van der Waals surface area contributed by atoms with Gasteiger partial charge in [0, 0.05) is 0 Å². The van der Waals surface area contributed by atoms with Crippen LogP contribution in [0, 0.1) is 0 Å². The van der Waals surface area contributed by atoms with E-state index in [0.29, 0.717) is 0 Å². The molecular formula is C16H18O. The lowest BCUT2D eigenvalue weighted by atomic mass is 9.76. The third-order valence-electron chi connectivity index (χ3n) is 3.94. The molecule has 0 atom stereocenters. The minimum Gasteiger partial charge on any atom is -0.497 e. The molecule has 0 aliphatic heterocycles. The van der Waals surface area contributed by atoms with E-state index in [1.807, 2.05) is 0 Å². The fraction of sp³-hybridized carbons (Fsp3) is 0.375. The number of allylic oxidation sites excluding steroid dienone is 3. The molecule has 0 saturated carbocycles. The van der Waals surface area contributed by atoms with Crippen molar-refractivity contribution in [3.05, 3.63) is 47.1 Å². The second-order valence-electron chi connectivity index (χ2n) is 4.96. The normalized spacial score (nSPS) is 18.8. The van der Waals surface area contributed by atoms with Crippen molar-refractivity contribution in [3.8, 4) is 5.75 Å². The van der Waals surface area contributed by atoms with Crippen molar-refractivity contribution in [2.45, 2.75) is 32.1 Å². The van der Waals surface area contributed by atoms with Gasteiger partial charge in [-0.25, -0.2) is 0 Å². The van der Waals surface area contributed by atoms with E-state index < -0.39 is 0 Å². The summed E-state index contributed by atoms with van der Waals surface area (Å²) in [5, 5.41) is 0. The zero-order valence-electron chi connectivity index (χ0n) is 10.4. The lowest BCUT2D eigenvalue weighted by Gasteiger charge is -2.29. The van der Waals surface area contributed by atoms with Gasteiger partial charge in [0.25, 0.3) is 0 Å². The van der Waals surface area contributed by atoms with Crippen LogP contribution in [0.15, 0.2) is 35.9 Å². The summed E-state index contributed by atoms with van der Waals surface area (Å²) >= 11 is 0. The number of fused-ring (bicyclic) bond motifs is 2. The van der Waals surface area contributed by atoms with Gasteiger partial charge in [0.15, 0.2) is 0 Å². The Morgan fingerprint density at radius 2 is 2.00 bits per heavy atom. The first kappa shape index (κ1) is 10.6. The fourth-order valence-corrected chi connectivity index (χ4v) is 3.08. The molecule has 0 heterocycles. The maximum absolute atomic E-state index is 5.30. The van der Waals surface area contributed by atoms with Gasteiger partial charge in [0.05, 0.1) is 7.11 Å². The Kier molecular flexibility index (Phi) is 2.54. The SMILES string of the molecule is C=C1CCCC2=C1c1ccc(OC)cc1CC2. The van der Waals surface area contributed by atoms with E-state index in [1.165, 1.54) is 41.5 Å². The van der Waals surface area contributed by atoms with Crippen LogP contribution in [0.5, 0.6) is 5.75 Å². The summed E-state index contributed by atoms with van der Waals surface area (Å²) in [7, 11) is 1.73. The van der Waals surface area contributed by atoms with Crippen LogP contribution >= 0.6 is 0 Å². The summed E-state index contributed by atoms with van der Waals surface area (Å²) in [6, 6.07) is 6.46. The van der Waals surface area contributed by atoms with Crippen LogP contribution < -0.4 is 4.74 Å². The zero-order valence-corrected chi connectivity index (χ0v) is 10.4. The van der Waals surface area contributed by atoms with E-state index in [0.717, 1.165) is 18.6 Å². The predicted molar refractivity (Wildman–Crippen MR) is 71.2 cm³/mol. The number of methoxy groups -OCH3 is 1. The molecule has 1 aromatic rings. The first-order valence-electron chi connectivity index (χ1n) is 6.37. The van der Waals surface area contributed by atoms with Crippen LogP contribution in [0.2, 0.25) is 0 Å². The molecule has 17 heavy (non-hydrogen) atoms. The van der Waals surface area contributed by atoms with Crippen LogP contribution in [-0.4, -0.2) is 7.11 Å². The summed E-state index contributed by atoms with van der Waals surface area (Å²) in [6.45, 7) is 4.25. The smallest absolute Gasteiger partial charge is 0.119 e. The minimum atomic E-state index is 0.967. The highest BCUT2D eigenvalue weighted by Crippen LogP contribution is 2.43. The van der Waals surface area contributed by atoms with Crippen molar-refractivity contribution in [3.63, 3.8) is 0 Å². The maximum Gasteiger partial charge on any atom is 0.119 e. The Morgan fingerprint density at radius 1 is 1.12 bits per heavy atom. The monoisotopic (exact) mass is 226 g/mol. The van der Waals surface area contributed by atoms with Gasteiger partial charge in [-0.15, -0.1) is 0 Å². The van der Waals surface area contributed by atoms with E-state index in [-0.39, 0.29) is 0 Å². The summed E-state index contributed by atoms with van der Waals surface area (Å²) in [5.74, 6) is 0.967. The topological polar surface area (TPSA) is 9.23 Å². The molecule has 88 valence electrons. The number of rotatable bonds is 1. The van der Waals surface area contributed by atoms with E-state index in [1.54, 1.807) is 12.7 Å². The van der Waals surface area contributed by atoms with Gasteiger partial charge in [-0.2, -0.15) is 0 Å². The third-order valence-corrected chi connectivity index (χ3v) is 3.94. The van der Waals surface area contributed by atoms with Crippen molar-refractivity contribution in [2.24, 2.45) is 0 Å². The predicted octanol–water partition coefficient (Wildman–Crippen LogP) is 4.14. The van der Waals surface area contributed by atoms with Crippen molar-refractivity contribution in [1.29, 1.82) is 0 Å². The Hall–Kier alpha value is -1.50. The summed E-state index contributed by atoms with van der Waals surface area (Å²) in [6.07, 6.45) is 6.06. The van der Waals surface area contributed by atoms with Gasteiger partial charge < -0.3 is 4.74 Å². The Balaban J connectivity index is 2.13. The highest BCUT2D eigenvalue weighted by Gasteiger charge is 2.23. The molecule has 0 aromatic heterocycles. The number of aryl methyl sites for hydroxylation is 1. The van der Waals surface area contributed by atoms with Crippen molar-refractivity contribution in [2.75, 3.05) is 7.11 Å². The molecule has 0 spiro atoms. The van der Waals surface area contributed by atoms with Crippen molar-refractivity contribution < 1.29 is 4.74 Å². The van der Waals surface area contributed by atoms with E-state index in [2.05, 4.69) is 24.8 Å². The van der Waals surface area contributed by atoms with Crippen molar-refractivity contribution >= 4 is 5.57 Å². The molecule has 0 fully saturated rings. The Bertz CT molecular complexity index is 508.